The second kappa shape index (κ2) is 9.18. The fourth-order valence-electron chi connectivity index (χ4n) is 2.70. The zero-order valence-corrected chi connectivity index (χ0v) is 17.3. The Morgan fingerprint density at radius 1 is 1.12 bits per heavy atom. The van der Waals surface area contributed by atoms with E-state index in [1.807, 2.05) is 86.3 Å². The molecule has 138 valence electrons. The summed E-state index contributed by atoms with van der Waals surface area (Å²) in [6.07, 6.45) is 0.906. The molecule has 2 unspecified atom stereocenters. The second-order valence-corrected chi connectivity index (χ2v) is 9.66. The molecule has 0 saturated carbocycles. The zero-order valence-electron chi connectivity index (χ0n) is 15.6. The van der Waals surface area contributed by atoms with Crippen molar-refractivity contribution in [3.05, 3.63) is 78.9 Å². The van der Waals surface area contributed by atoms with Crippen LogP contribution in [0.4, 0.5) is 0 Å². The predicted molar refractivity (Wildman–Crippen MR) is 109 cm³/mol. The third-order valence-corrected chi connectivity index (χ3v) is 6.70. The maximum absolute atomic E-state index is 13.4. The molecular formula is C22H27NO2Se. The van der Waals surface area contributed by atoms with Gasteiger partial charge in [-0.3, -0.25) is 0 Å². The third-order valence-electron chi connectivity index (χ3n) is 4.06. The fraction of sp³-hybridized carbons (Fsp3) is 0.318. The Kier molecular flexibility index (Phi) is 7.22. The van der Waals surface area contributed by atoms with Gasteiger partial charge in [-0.2, -0.15) is 0 Å². The molecule has 0 aliphatic carbocycles. The van der Waals surface area contributed by atoms with Crippen LogP contribution in [0, 0.1) is 0 Å². The normalized spacial score (nSPS) is 13.7. The number of amides is 1. The van der Waals surface area contributed by atoms with Crippen molar-refractivity contribution >= 4 is 25.3 Å². The molecule has 26 heavy (non-hydrogen) atoms. The van der Waals surface area contributed by atoms with Crippen molar-refractivity contribution in [2.75, 3.05) is 6.54 Å². The molecule has 0 aliphatic heterocycles. The van der Waals surface area contributed by atoms with Gasteiger partial charge in [0.2, 0.25) is 0 Å². The van der Waals surface area contributed by atoms with Crippen LogP contribution in [0.2, 0.25) is 4.82 Å². The number of benzene rings is 2. The van der Waals surface area contributed by atoms with Gasteiger partial charge in [0, 0.05) is 0 Å². The molecule has 0 aliphatic rings. The Labute approximate surface area is 162 Å². The first-order chi connectivity index (χ1) is 12.3. The first-order valence-electron chi connectivity index (χ1n) is 8.71. The van der Waals surface area contributed by atoms with E-state index in [4.69, 9.17) is 0 Å². The summed E-state index contributed by atoms with van der Waals surface area (Å²) in [6.45, 7) is 10.3. The number of carbonyl (C=O) groups excluding carboxylic acids is 1. The fourth-order valence-corrected chi connectivity index (χ4v) is 5.05. The summed E-state index contributed by atoms with van der Waals surface area (Å²) in [5, 5.41) is 11.0. The van der Waals surface area contributed by atoms with Crippen molar-refractivity contribution in [1.29, 1.82) is 0 Å². The molecular weight excluding hydrogens is 389 g/mol. The van der Waals surface area contributed by atoms with Crippen molar-refractivity contribution in [1.82, 2.24) is 4.90 Å². The molecule has 2 aromatic carbocycles. The van der Waals surface area contributed by atoms with Crippen LogP contribution in [-0.2, 0) is 4.79 Å². The SMILES string of the molecule is C=CCN(C(=O)C([Se]c1ccccc1)C(O)c1ccccc1)C(C)(C)C. The van der Waals surface area contributed by atoms with Gasteiger partial charge in [0.1, 0.15) is 0 Å². The van der Waals surface area contributed by atoms with E-state index >= 15 is 0 Å². The van der Waals surface area contributed by atoms with Gasteiger partial charge in [0.05, 0.1) is 0 Å². The van der Waals surface area contributed by atoms with Crippen molar-refractivity contribution in [2.24, 2.45) is 0 Å². The summed E-state index contributed by atoms with van der Waals surface area (Å²) >= 11 is -0.196. The predicted octanol–water partition coefficient (Wildman–Crippen LogP) is 3.35. The topological polar surface area (TPSA) is 40.5 Å². The summed E-state index contributed by atoms with van der Waals surface area (Å²) in [5.41, 5.74) is 0.434. The average Bonchev–Trinajstić information content (AvgIpc) is 2.64. The van der Waals surface area contributed by atoms with Crippen LogP contribution in [-0.4, -0.2) is 43.0 Å². The summed E-state index contributed by atoms with van der Waals surface area (Å²) in [4.78, 5) is 14.7. The summed E-state index contributed by atoms with van der Waals surface area (Å²) in [5.74, 6) is -0.0300. The summed E-state index contributed by atoms with van der Waals surface area (Å²) in [7, 11) is 0. The molecule has 0 bridgehead atoms. The van der Waals surface area contributed by atoms with E-state index in [0.29, 0.717) is 6.54 Å². The number of carbonyl (C=O) groups is 1. The first kappa shape index (κ1) is 20.4. The van der Waals surface area contributed by atoms with Gasteiger partial charge in [-0.1, -0.05) is 0 Å². The van der Waals surface area contributed by atoms with Gasteiger partial charge < -0.3 is 0 Å². The van der Waals surface area contributed by atoms with E-state index in [0.717, 1.165) is 10.0 Å². The molecule has 0 aromatic heterocycles. The van der Waals surface area contributed by atoms with Gasteiger partial charge >= 0.3 is 163 Å². The van der Waals surface area contributed by atoms with Crippen molar-refractivity contribution in [2.45, 2.75) is 37.2 Å². The Morgan fingerprint density at radius 2 is 1.65 bits per heavy atom. The van der Waals surface area contributed by atoms with Crippen LogP contribution < -0.4 is 4.46 Å². The Hall–Kier alpha value is -1.87. The molecule has 2 aromatic rings. The van der Waals surface area contributed by atoms with Crippen LogP contribution in [0.5, 0.6) is 0 Å². The molecule has 2 atom stereocenters. The molecule has 0 spiro atoms. The van der Waals surface area contributed by atoms with E-state index < -0.39 is 10.9 Å². The molecule has 0 heterocycles. The number of aliphatic hydroxyl groups excluding tert-OH is 1. The Bertz CT molecular complexity index is 710. The molecule has 3 nitrogen and oxygen atoms in total. The van der Waals surface area contributed by atoms with Crippen LogP contribution in [0.25, 0.3) is 0 Å². The van der Waals surface area contributed by atoms with Crippen LogP contribution >= 0.6 is 0 Å². The van der Waals surface area contributed by atoms with E-state index in [1.54, 1.807) is 6.08 Å². The van der Waals surface area contributed by atoms with Gasteiger partial charge in [-0.25, -0.2) is 0 Å². The quantitative estimate of drug-likeness (QED) is 0.556. The van der Waals surface area contributed by atoms with Crippen molar-refractivity contribution in [3.63, 3.8) is 0 Å². The van der Waals surface area contributed by atoms with Crippen LogP contribution in [0.1, 0.15) is 32.4 Å². The zero-order chi connectivity index (χ0) is 19.2. The third kappa shape index (κ3) is 5.31. The monoisotopic (exact) mass is 417 g/mol. The molecule has 0 fully saturated rings. The maximum atomic E-state index is 13.4. The van der Waals surface area contributed by atoms with E-state index in [2.05, 4.69) is 6.58 Å². The van der Waals surface area contributed by atoms with Gasteiger partial charge in [0.15, 0.2) is 0 Å². The van der Waals surface area contributed by atoms with E-state index in [9.17, 15) is 9.90 Å². The van der Waals surface area contributed by atoms with E-state index in [-0.39, 0.29) is 26.4 Å². The first-order valence-corrected chi connectivity index (χ1v) is 10.6. The minimum atomic E-state index is -0.835. The molecule has 4 heteroatoms. The van der Waals surface area contributed by atoms with Gasteiger partial charge in [-0.05, 0) is 0 Å². The molecule has 0 saturated heterocycles. The number of hydrogen-bond donors (Lipinski definition) is 1. The van der Waals surface area contributed by atoms with E-state index in [1.165, 1.54) is 0 Å². The van der Waals surface area contributed by atoms with Crippen molar-refractivity contribution in [3.8, 4) is 0 Å². The molecule has 1 N–H and O–H groups in total. The second-order valence-electron chi connectivity index (χ2n) is 7.12. The minimum absolute atomic E-state index is 0.0300. The molecule has 2 rings (SSSR count). The van der Waals surface area contributed by atoms with Gasteiger partial charge in [-0.15, -0.1) is 0 Å². The summed E-state index contributed by atoms with van der Waals surface area (Å²) < 4.78 is 1.10. The summed E-state index contributed by atoms with van der Waals surface area (Å²) in [6, 6.07) is 19.4. The van der Waals surface area contributed by atoms with Gasteiger partial charge in [0.25, 0.3) is 0 Å². The number of rotatable bonds is 7. The Balaban J connectivity index is 2.38. The Morgan fingerprint density at radius 3 is 2.15 bits per heavy atom. The average molecular weight is 416 g/mol. The molecule has 1 amide bonds. The van der Waals surface area contributed by atoms with Crippen LogP contribution in [0.15, 0.2) is 73.3 Å². The number of hydrogen-bond acceptors (Lipinski definition) is 2. The van der Waals surface area contributed by atoms with Crippen LogP contribution in [0.3, 0.4) is 0 Å². The number of aliphatic hydroxyl groups is 1. The molecule has 0 radical (unpaired) electrons. The van der Waals surface area contributed by atoms with Crippen molar-refractivity contribution < 1.29 is 9.90 Å². The number of nitrogens with zero attached hydrogens (tertiary/aromatic N) is 1. The standard InChI is InChI=1S/C22H27NO2Se/c1-5-16-23(22(2,3)4)21(25)20(26-18-14-10-7-11-15-18)19(24)17-12-8-6-9-13-17/h5-15,19-20,24H,1,16H2,2-4H3.